The predicted octanol–water partition coefficient (Wildman–Crippen LogP) is 4.20. The second-order valence-electron chi connectivity index (χ2n) is 8.08. The van der Waals surface area contributed by atoms with Crippen LogP contribution in [0, 0.1) is 5.82 Å². The van der Waals surface area contributed by atoms with Gasteiger partial charge in [-0.05, 0) is 42.7 Å². The minimum absolute atomic E-state index is 0.170. The maximum absolute atomic E-state index is 14.7. The smallest absolute Gasteiger partial charge is 0.414 e. The minimum atomic E-state index is -0.522. The lowest BCUT2D eigenvalue weighted by molar-refractivity contribution is 0.0819. The molecule has 0 unspecified atom stereocenters. The molecular formula is C22H21Cl2FN2O4. The van der Waals surface area contributed by atoms with E-state index in [4.69, 9.17) is 32.7 Å². The van der Waals surface area contributed by atoms with E-state index < -0.39 is 18.3 Å². The highest BCUT2D eigenvalue weighted by molar-refractivity contribution is 6.32. The number of halogens is 3. The minimum Gasteiger partial charge on any atom is -0.482 e. The van der Waals surface area contributed by atoms with E-state index in [1.165, 1.54) is 11.0 Å². The van der Waals surface area contributed by atoms with Gasteiger partial charge in [0.1, 0.15) is 24.3 Å². The van der Waals surface area contributed by atoms with Crippen molar-refractivity contribution in [2.24, 2.45) is 0 Å². The number of hydrogen-bond acceptors (Lipinski definition) is 5. The van der Waals surface area contributed by atoms with E-state index in [9.17, 15) is 14.3 Å². The van der Waals surface area contributed by atoms with Gasteiger partial charge in [0, 0.05) is 29.7 Å². The largest absolute Gasteiger partial charge is 0.482 e. The molecule has 2 aliphatic heterocycles. The van der Waals surface area contributed by atoms with Crippen LogP contribution in [0.1, 0.15) is 23.7 Å². The number of hydrogen-bond donors (Lipinski definition) is 1. The fourth-order valence-electron chi connectivity index (χ4n) is 4.66. The summed E-state index contributed by atoms with van der Waals surface area (Å²) in [6, 6.07) is 7.97. The molecule has 1 amide bonds. The molecule has 1 aliphatic carbocycles. The number of nitrogens with zero attached hydrogens (tertiary/aromatic N) is 2. The van der Waals surface area contributed by atoms with E-state index in [0.29, 0.717) is 71.7 Å². The molecule has 2 fully saturated rings. The third-order valence-electron chi connectivity index (χ3n) is 6.17. The molecule has 0 spiro atoms. The zero-order valence-electron chi connectivity index (χ0n) is 16.6. The maximum atomic E-state index is 14.7. The highest BCUT2D eigenvalue weighted by Gasteiger charge is 2.42. The maximum Gasteiger partial charge on any atom is 0.414 e. The monoisotopic (exact) mass is 466 g/mol. The number of ether oxygens (including phenoxy) is 2. The Hall–Kier alpha value is -2.06. The zero-order valence-corrected chi connectivity index (χ0v) is 18.1. The van der Waals surface area contributed by atoms with E-state index in [-0.39, 0.29) is 11.9 Å². The van der Waals surface area contributed by atoms with Crippen molar-refractivity contribution in [2.45, 2.75) is 31.1 Å². The summed E-state index contributed by atoms with van der Waals surface area (Å²) >= 11 is 12.6. The summed E-state index contributed by atoms with van der Waals surface area (Å²) < 4.78 is 26.1. The van der Waals surface area contributed by atoms with Gasteiger partial charge in [0.05, 0.1) is 29.4 Å². The summed E-state index contributed by atoms with van der Waals surface area (Å²) in [7, 11) is 0. The molecule has 3 aliphatic rings. The van der Waals surface area contributed by atoms with E-state index in [0.717, 1.165) is 0 Å². The van der Waals surface area contributed by atoms with Gasteiger partial charge in [0.2, 0.25) is 0 Å². The molecule has 2 aromatic rings. The van der Waals surface area contributed by atoms with Gasteiger partial charge in [-0.25, -0.2) is 9.18 Å². The van der Waals surface area contributed by atoms with Gasteiger partial charge in [-0.2, -0.15) is 0 Å². The number of likely N-dealkylation sites (tertiary alicyclic amines) is 1. The summed E-state index contributed by atoms with van der Waals surface area (Å²) in [5.41, 5.74) is 1.86. The van der Waals surface area contributed by atoms with Crippen LogP contribution in [0.5, 0.6) is 5.75 Å². The quantitative estimate of drug-likeness (QED) is 0.731. The number of rotatable bonds is 4. The summed E-state index contributed by atoms with van der Waals surface area (Å²) in [6.07, 6.45) is -0.239. The predicted molar refractivity (Wildman–Crippen MR) is 115 cm³/mol. The van der Waals surface area contributed by atoms with Gasteiger partial charge in [-0.1, -0.05) is 23.2 Å². The van der Waals surface area contributed by atoms with Crippen LogP contribution in [0.25, 0.3) is 0 Å². The molecule has 164 valence electrons. The lowest BCUT2D eigenvalue weighted by Gasteiger charge is -2.30. The third-order valence-corrected chi connectivity index (χ3v) is 6.70. The molecule has 5 rings (SSSR count). The lowest BCUT2D eigenvalue weighted by Crippen LogP contribution is -2.39. The van der Waals surface area contributed by atoms with Gasteiger partial charge in [-0.15, -0.1) is 0 Å². The molecule has 0 radical (unpaired) electrons. The number of amides is 1. The normalized spacial score (nSPS) is 25.7. The number of cyclic esters (lactones) is 1. The van der Waals surface area contributed by atoms with Crippen molar-refractivity contribution in [3.05, 3.63) is 57.3 Å². The summed E-state index contributed by atoms with van der Waals surface area (Å²) in [5.74, 6) is 0.0276. The zero-order chi connectivity index (χ0) is 21.7. The molecule has 1 N–H and O–H groups in total. The van der Waals surface area contributed by atoms with Gasteiger partial charge < -0.3 is 14.6 Å². The van der Waals surface area contributed by atoms with Crippen molar-refractivity contribution in [2.75, 3.05) is 31.1 Å². The highest BCUT2D eigenvalue weighted by Crippen LogP contribution is 2.43. The molecule has 2 aromatic carbocycles. The Morgan fingerprint density at radius 1 is 1.19 bits per heavy atom. The highest BCUT2D eigenvalue weighted by atomic mass is 35.5. The van der Waals surface area contributed by atoms with Gasteiger partial charge in [-0.3, -0.25) is 9.80 Å². The molecule has 6 nitrogen and oxygen atoms in total. The summed E-state index contributed by atoms with van der Waals surface area (Å²) in [6.45, 7) is 1.97. The van der Waals surface area contributed by atoms with Crippen molar-refractivity contribution in [1.82, 2.24) is 4.90 Å². The first kappa shape index (κ1) is 20.8. The van der Waals surface area contributed by atoms with E-state index in [2.05, 4.69) is 4.90 Å². The number of aliphatic hydroxyl groups is 1. The van der Waals surface area contributed by atoms with Crippen molar-refractivity contribution < 1.29 is 23.8 Å². The number of benzene rings is 2. The Bertz CT molecular complexity index is 1040. The van der Waals surface area contributed by atoms with Crippen LogP contribution in [0.4, 0.5) is 14.9 Å². The van der Waals surface area contributed by atoms with E-state index in [1.54, 1.807) is 24.3 Å². The fourth-order valence-corrected chi connectivity index (χ4v) is 5.04. The van der Waals surface area contributed by atoms with Gasteiger partial charge in [0.25, 0.3) is 0 Å². The number of anilines is 1. The topological polar surface area (TPSA) is 62.2 Å². The standard InChI is InChI=1S/C22H21Cl2FN2O4/c23-12-7-16-15(18(25)8-12)10-19(26-4-3-14(28)11-26)21(16)31-20-9-13(1-2-17(20)24)27-5-6-30-22(27)29/h1-2,7-9,14,19,21,28H,3-6,10-11H2/t14-,19-,21+/m1/s1. The van der Waals surface area contributed by atoms with E-state index in [1.807, 2.05) is 0 Å². The number of fused-ring (bicyclic) bond motifs is 1. The Kier molecular flexibility index (Phi) is 5.46. The van der Waals surface area contributed by atoms with Crippen LogP contribution in [-0.4, -0.2) is 54.5 Å². The van der Waals surface area contributed by atoms with Crippen LogP contribution in [0.3, 0.4) is 0 Å². The average molecular weight is 467 g/mol. The average Bonchev–Trinajstić information content (AvgIpc) is 3.43. The molecule has 31 heavy (non-hydrogen) atoms. The molecule has 0 bridgehead atoms. The molecule has 2 heterocycles. The Morgan fingerprint density at radius 3 is 2.74 bits per heavy atom. The molecule has 2 saturated heterocycles. The fraction of sp³-hybridized carbons (Fsp3) is 0.409. The van der Waals surface area contributed by atoms with Gasteiger partial charge >= 0.3 is 6.09 Å². The third kappa shape index (κ3) is 3.84. The number of carbonyl (C=O) groups is 1. The Morgan fingerprint density at radius 2 is 2.03 bits per heavy atom. The van der Waals surface area contributed by atoms with Gasteiger partial charge in [0.15, 0.2) is 0 Å². The van der Waals surface area contributed by atoms with Crippen LogP contribution >= 0.6 is 23.2 Å². The van der Waals surface area contributed by atoms with Crippen molar-refractivity contribution >= 4 is 35.0 Å². The van der Waals surface area contributed by atoms with Crippen molar-refractivity contribution in [3.63, 3.8) is 0 Å². The first-order valence-corrected chi connectivity index (χ1v) is 11.0. The Labute approximate surface area is 189 Å². The van der Waals surface area contributed by atoms with E-state index >= 15 is 0 Å². The van der Waals surface area contributed by atoms with Crippen LogP contribution < -0.4 is 9.64 Å². The number of aliphatic hydroxyl groups excluding tert-OH is 1. The molecule has 0 aromatic heterocycles. The Balaban J connectivity index is 1.51. The second kappa shape index (κ2) is 8.13. The second-order valence-corrected chi connectivity index (χ2v) is 8.93. The first-order chi connectivity index (χ1) is 14.9. The summed E-state index contributed by atoms with van der Waals surface area (Å²) in [5, 5.41) is 10.7. The lowest BCUT2D eigenvalue weighted by atomic mass is 10.1. The van der Waals surface area contributed by atoms with Crippen LogP contribution in [0.15, 0.2) is 30.3 Å². The molecule has 0 saturated carbocycles. The van der Waals surface area contributed by atoms with Crippen molar-refractivity contribution in [1.29, 1.82) is 0 Å². The number of β-amino-alcohol motifs (C(OH)–C–C–N with tert-alkyl or cyclic N) is 1. The molecule has 3 atom stereocenters. The first-order valence-electron chi connectivity index (χ1n) is 10.2. The molecule has 9 heteroatoms. The molecular weight excluding hydrogens is 446 g/mol. The summed E-state index contributed by atoms with van der Waals surface area (Å²) in [4.78, 5) is 15.6. The SMILES string of the molecule is O=C1OCCN1c1ccc(Cl)c(O[C@H]2c3cc(Cl)cc(F)c3C[C@H]2N2CC[C@@H](O)C2)c1. The number of carbonyl (C=O) groups excluding carboxylic acids is 1. The van der Waals surface area contributed by atoms with Crippen LogP contribution in [0.2, 0.25) is 10.0 Å². The van der Waals surface area contributed by atoms with Crippen LogP contribution in [-0.2, 0) is 11.2 Å². The van der Waals surface area contributed by atoms with Crippen molar-refractivity contribution in [3.8, 4) is 5.75 Å².